The normalized spacial score (nSPS) is 18.2. The van der Waals surface area contributed by atoms with Gasteiger partial charge < -0.3 is 28.4 Å². The summed E-state index contributed by atoms with van der Waals surface area (Å²) in [6.07, 6.45) is 2.67. The number of ether oxygens (including phenoxy) is 6. The zero-order chi connectivity index (χ0) is 24.2. The summed E-state index contributed by atoms with van der Waals surface area (Å²) in [6, 6.07) is 24.4. The molecule has 0 aromatic heterocycles. The summed E-state index contributed by atoms with van der Waals surface area (Å²) in [6.45, 7) is 4.02. The Bertz CT molecular complexity index is 1220. The summed E-state index contributed by atoms with van der Waals surface area (Å²) in [4.78, 5) is 0. The predicted octanol–water partition coefficient (Wildman–Crippen LogP) is 5.79. The van der Waals surface area contributed by atoms with Gasteiger partial charge in [-0.2, -0.15) is 0 Å². The van der Waals surface area contributed by atoms with E-state index in [1.165, 1.54) is 0 Å². The molecule has 2 heterocycles. The predicted molar refractivity (Wildman–Crippen MR) is 139 cm³/mol. The Hall–Kier alpha value is -3.48. The second-order valence-corrected chi connectivity index (χ2v) is 9.22. The van der Waals surface area contributed by atoms with Crippen molar-refractivity contribution >= 4 is 21.5 Å². The zero-order valence-corrected chi connectivity index (χ0v) is 20.2. The van der Waals surface area contributed by atoms with Crippen molar-refractivity contribution in [2.45, 2.75) is 25.0 Å². The third-order valence-electron chi connectivity index (χ3n) is 6.41. The van der Waals surface area contributed by atoms with E-state index in [0.717, 1.165) is 70.6 Å². The van der Waals surface area contributed by atoms with E-state index < -0.39 is 0 Å². The molecule has 0 aliphatic carbocycles. The number of hydrogen-bond donors (Lipinski definition) is 0. The molecule has 4 aromatic rings. The fourth-order valence-corrected chi connectivity index (χ4v) is 4.17. The highest BCUT2D eigenvalue weighted by Crippen LogP contribution is 2.27. The summed E-state index contributed by atoms with van der Waals surface area (Å²) < 4.78 is 34.0. The molecule has 2 fully saturated rings. The third-order valence-corrected chi connectivity index (χ3v) is 6.41. The molecular formula is C30H30O6. The van der Waals surface area contributed by atoms with Gasteiger partial charge >= 0.3 is 0 Å². The van der Waals surface area contributed by atoms with Gasteiger partial charge in [-0.1, -0.05) is 24.3 Å². The minimum Gasteiger partial charge on any atom is -0.493 e. The van der Waals surface area contributed by atoms with E-state index >= 15 is 0 Å². The lowest BCUT2D eigenvalue weighted by molar-refractivity contribution is 0.217. The van der Waals surface area contributed by atoms with E-state index in [1.807, 2.05) is 36.4 Å². The second kappa shape index (κ2) is 10.6. The monoisotopic (exact) mass is 486 g/mol. The van der Waals surface area contributed by atoms with Crippen LogP contribution in [0.3, 0.4) is 0 Å². The van der Waals surface area contributed by atoms with Crippen molar-refractivity contribution in [1.29, 1.82) is 0 Å². The van der Waals surface area contributed by atoms with E-state index in [9.17, 15) is 0 Å². The van der Waals surface area contributed by atoms with Gasteiger partial charge in [0.1, 0.15) is 36.2 Å². The van der Waals surface area contributed by atoms with E-state index in [2.05, 4.69) is 36.4 Å². The topological polar surface area (TPSA) is 62.0 Å². The highest BCUT2D eigenvalue weighted by molar-refractivity contribution is 5.86. The molecule has 4 aromatic carbocycles. The van der Waals surface area contributed by atoms with Crippen LogP contribution in [0.4, 0.5) is 0 Å². The fraction of sp³-hybridized carbons (Fsp3) is 0.333. The van der Waals surface area contributed by atoms with Gasteiger partial charge in [0.2, 0.25) is 0 Å². The summed E-state index contributed by atoms with van der Waals surface area (Å²) in [5.41, 5.74) is 0. The van der Waals surface area contributed by atoms with Gasteiger partial charge in [-0.25, -0.2) is 0 Å². The Kier molecular flexibility index (Phi) is 6.79. The van der Waals surface area contributed by atoms with Crippen molar-refractivity contribution in [3.05, 3.63) is 72.8 Å². The lowest BCUT2D eigenvalue weighted by Crippen LogP contribution is -2.08. The molecule has 6 nitrogen and oxygen atoms in total. The van der Waals surface area contributed by atoms with E-state index in [-0.39, 0.29) is 0 Å². The van der Waals surface area contributed by atoms with Crippen LogP contribution in [-0.4, -0.2) is 51.8 Å². The number of hydrogen-bond acceptors (Lipinski definition) is 6. The summed E-state index contributed by atoms with van der Waals surface area (Å²) in [5, 5.41) is 4.48. The molecule has 36 heavy (non-hydrogen) atoms. The van der Waals surface area contributed by atoms with Crippen LogP contribution in [0.15, 0.2) is 72.8 Å². The Balaban J connectivity index is 0.973. The molecule has 0 saturated carbocycles. The molecule has 0 amide bonds. The minimum absolute atomic E-state index is 0.390. The molecule has 0 radical (unpaired) electrons. The van der Waals surface area contributed by atoms with Crippen LogP contribution < -0.4 is 18.9 Å². The molecule has 2 aliphatic rings. The van der Waals surface area contributed by atoms with Crippen molar-refractivity contribution in [3.8, 4) is 23.0 Å². The Morgan fingerprint density at radius 2 is 0.778 bits per heavy atom. The second-order valence-electron chi connectivity index (χ2n) is 9.22. The third kappa shape index (κ3) is 6.20. The van der Waals surface area contributed by atoms with Gasteiger partial charge in [0.25, 0.3) is 0 Å². The van der Waals surface area contributed by atoms with Crippen molar-refractivity contribution < 1.29 is 28.4 Å². The molecular weight excluding hydrogens is 456 g/mol. The lowest BCUT2D eigenvalue weighted by atomic mass is 10.1. The van der Waals surface area contributed by atoms with Crippen molar-refractivity contribution in [3.63, 3.8) is 0 Å². The first-order valence-electron chi connectivity index (χ1n) is 12.6. The van der Waals surface area contributed by atoms with Gasteiger partial charge in [0.05, 0.1) is 38.6 Å². The first kappa shape index (κ1) is 23.0. The van der Waals surface area contributed by atoms with Crippen LogP contribution in [0.5, 0.6) is 23.0 Å². The van der Waals surface area contributed by atoms with Crippen LogP contribution in [0.1, 0.15) is 12.8 Å². The van der Waals surface area contributed by atoms with Crippen molar-refractivity contribution in [1.82, 2.24) is 0 Å². The van der Waals surface area contributed by atoms with Gasteiger partial charge in [-0.15, -0.1) is 0 Å². The van der Waals surface area contributed by atoms with E-state index in [0.29, 0.717) is 38.6 Å². The highest BCUT2D eigenvalue weighted by atomic mass is 16.6. The largest absolute Gasteiger partial charge is 0.493 e. The summed E-state index contributed by atoms with van der Waals surface area (Å²) in [5.74, 6) is 3.41. The molecule has 6 heteroatoms. The van der Waals surface area contributed by atoms with Crippen molar-refractivity contribution in [2.75, 3.05) is 39.6 Å². The zero-order valence-electron chi connectivity index (χ0n) is 20.2. The fourth-order valence-electron chi connectivity index (χ4n) is 4.17. The van der Waals surface area contributed by atoms with Crippen LogP contribution in [0, 0.1) is 0 Å². The standard InChI is InChI=1S/C30H30O6/c1-5-25(31-11-9-29-19-35-29)15-21-3-7-27(17-23(1)21)33-13-14-34-28-8-4-22-16-26(6-2-24(22)18-28)32-12-10-30-20-36-30/h1-8,15-18,29-30H,9-14,19-20H2. The maximum atomic E-state index is 5.93. The quantitative estimate of drug-likeness (QED) is 0.176. The maximum absolute atomic E-state index is 5.93. The molecule has 2 unspecified atom stereocenters. The molecule has 186 valence electrons. The number of fused-ring (bicyclic) bond motifs is 2. The first-order valence-corrected chi connectivity index (χ1v) is 12.6. The highest BCUT2D eigenvalue weighted by Gasteiger charge is 2.22. The summed E-state index contributed by atoms with van der Waals surface area (Å²) in [7, 11) is 0. The van der Waals surface area contributed by atoms with E-state index in [1.54, 1.807) is 0 Å². The average molecular weight is 487 g/mol. The Labute approximate surface area is 210 Å². The van der Waals surface area contributed by atoms with E-state index in [4.69, 9.17) is 28.4 Å². The molecule has 2 aliphatic heterocycles. The Morgan fingerprint density at radius 3 is 1.08 bits per heavy atom. The SMILES string of the molecule is c1cc2cc(OCCC3CO3)ccc2cc1OCCOc1ccc2cc(OCCC3CO3)ccc2c1. The maximum Gasteiger partial charge on any atom is 0.122 e. The summed E-state index contributed by atoms with van der Waals surface area (Å²) >= 11 is 0. The smallest absolute Gasteiger partial charge is 0.122 e. The minimum atomic E-state index is 0.390. The molecule has 0 bridgehead atoms. The number of benzene rings is 4. The Morgan fingerprint density at radius 1 is 0.472 bits per heavy atom. The lowest BCUT2D eigenvalue weighted by Gasteiger charge is -2.11. The molecule has 2 saturated heterocycles. The molecule has 2 atom stereocenters. The van der Waals surface area contributed by atoms with Gasteiger partial charge in [-0.05, 0) is 70.1 Å². The molecule has 0 N–H and O–H groups in total. The molecule has 6 rings (SSSR count). The van der Waals surface area contributed by atoms with Crippen molar-refractivity contribution in [2.24, 2.45) is 0 Å². The number of epoxide rings is 2. The number of rotatable bonds is 13. The van der Waals surface area contributed by atoms with Gasteiger partial charge in [0.15, 0.2) is 0 Å². The first-order chi connectivity index (χ1) is 17.8. The van der Waals surface area contributed by atoms with Crippen LogP contribution >= 0.6 is 0 Å². The van der Waals surface area contributed by atoms with Gasteiger partial charge in [0, 0.05) is 12.8 Å². The molecule has 0 spiro atoms. The van der Waals surface area contributed by atoms with Crippen LogP contribution in [0.25, 0.3) is 21.5 Å². The average Bonchev–Trinajstić information content (AvgIpc) is 3.83. The van der Waals surface area contributed by atoms with Crippen LogP contribution in [0.2, 0.25) is 0 Å². The van der Waals surface area contributed by atoms with Gasteiger partial charge in [-0.3, -0.25) is 0 Å². The van der Waals surface area contributed by atoms with Crippen LogP contribution in [-0.2, 0) is 9.47 Å².